The molecule has 0 aromatic carbocycles. The van der Waals surface area contributed by atoms with Gasteiger partial charge in [0.05, 0.1) is 5.00 Å². The smallest absolute Gasteiger partial charge is 0.303 e. The van der Waals surface area contributed by atoms with E-state index in [1.807, 2.05) is 24.6 Å². The third kappa shape index (κ3) is 3.46. The maximum absolute atomic E-state index is 10.3. The maximum Gasteiger partial charge on any atom is 0.303 e. The quantitative estimate of drug-likeness (QED) is 0.789. The molecule has 0 bridgehead atoms. The number of thiophene rings is 1. The molecular weight excluding hydrogens is 186 g/mol. The molecule has 1 aromatic heterocycles. The fourth-order valence-corrected chi connectivity index (χ4v) is 1.79. The van der Waals surface area contributed by atoms with Gasteiger partial charge in [-0.25, -0.2) is 0 Å². The summed E-state index contributed by atoms with van der Waals surface area (Å²) in [6, 6.07) is 4.03. The Morgan fingerprint density at radius 2 is 2.46 bits per heavy atom. The standard InChI is InChI=1S/C9H13NO2S/c1-10(6-2-5-9(11)12)8-4-3-7-13-8/h3-4,7H,2,5-6H2,1H3,(H,11,12). The van der Waals surface area contributed by atoms with Crippen LogP contribution in [0.2, 0.25) is 0 Å². The van der Waals surface area contributed by atoms with Crippen LogP contribution in [0.25, 0.3) is 0 Å². The van der Waals surface area contributed by atoms with E-state index in [2.05, 4.69) is 4.90 Å². The highest BCUT2D eigenvalue weighted by Crippen LogP contribution is 2.19. The molecule has 0 radical (unpaired) electrons. The van der Waals surface area contributed by atoms with Crippen LogP contribution < -0.4 is 4.90 Å². The van der Waals surface area contributed by atoms with Crippen molar-refractivity contribution in [2.75, 3.05) is 18.5 Å². The topological polar surface area (TPSA) is 40.5 Å². The first-order valence-electron chi connectivity index (χ1n) is 4.16. The lowest BCUT2D eigenvalue weighted by molar-refractivity contribution is -0.137. The Balaban J connectivity index is 2.26. The number of hydrogen-bond donors (Lipinski definition) is 1. The molecule has 0 aliphatic rings. The molecule has 13 heavy (non-hydrogen) atoms. The van der Waals surface area contributed by atoms with Crippen LogP contribution in [0.15, 0.2) is 17.5 Å². The zero-order valence-corrected chi connectivity index (χ0v) is 8.38. The maximum atomic E-state index is 10.3. The van der Waals surface area contributed by atoms with Crippen LogP contribution in [0, 0.1) is 0 Å². The normalized spacial score (nSPS) is 9.92. The molecule has 3 nitrogen and oxygen atoms in total. The van der Waals surface area contributed by atoms with Crippen LogP contribution in [-0.4, -0.2) is 24.7 Å². The van der Waals surface area contributed by atoms with E-state index in [4.69, 9.17) is 5.11 Å². The van der Waals surface area contributed by atoms with Crippen molar-refractivity contribution in [2.24, 2.45) is 0 Å². The lowest BCUT2D eigenvalue weighted by atomic mass is 10.3. The van der Waals surface area contributed by atoms with E-state index in [9.17, 15) is 4.79 Å². The molecule has 0 unspecified atom stereocenters. The summed E-state index contributed by atoms with van der Waals surface area (Å²) in [5, 5.41) is 11.6. The average molecular weight is 199 g/mol. The van der Waals surface area contributed by atoms with Gasteiger partial charge >= 0.3 is 5.97 Å². The van der Waals surface area contributed by atoms with Crippen LogP contribution >= 0.6 is 11.3 Å². The zero-order chi connectivity index (χ0) is 9.68. The summed E-state index contributed by atoms with van der Waals surface area (Å²) >= 11 is 1.67. The average Bonchev–Trinajstić information content (AvgIpc) is 2.55. The summed E-state index contributed by atoms with van der Waals surface area (Å²) in [6.07, 6.45) is 0.944. The lowest BCUT2D eigenvalue weighted by Gasteiger charge is -2.15. The summed E-state index contributed by atoms with van der Waals surface area (Å²) in [5.41, 5.74) is 0. The Morgan fingerprint density at radius 1 is 1.69 bits per heavy atom. The van der Waals surface area contributed by atoms with E-state index in [0.717, 1.165) is 6.54 Å². The van der Waals surface area contributed by atoms with Gasteiger partial charge in [0.25, 0.3) is 0 Å². The second kappa shape index (κ2) is 4.87. The Morgan fingerprint density at radius 3 is 3.00 bits per heavy atom. The van der Waals surface area contributed by atoms with E-state index < -0.39 is 5.97 Å². The minimum Gasteiger partial charge on any atom is -0.481 e. The molecule has 0 fully saturated rings. The van der Waals surface area contributed by atoms with Gasteiger partial charge in [0.1, 0.15) is 0 Å². The molecule has 72 valence electrons. The first kappa shape index (κ1) is 10.1. The molecule has 0 spiro atoms. The van der Waals surface area contributed by atoms with Gasteiger partial charge in [0.2, 0.25) is 0 Å². The highest BCUT2D eigenvalue weighted by atomic mass is 32.1. The highest BCUT2D eigenvalue weighted by molar-refractivity contribution is 7.14. The van der Waals surface area contributed by atoms with E-state index in [1.165, 1.54) is 5.00 Å². The molecule has 1 heterocycles. The molecule has 1 N–H and O–H groups in total. The van der Waals surface area contributed by atoms with E-state index in [0.29, 0.717) is 6.42 Å². The number of anilines is 1. The van der Waals surface area contributed by atoms with Crippen molar-refractivity contribution in [1.82, 2.24) is 0 Å². The van der Waals surface area contributed by atoms with Crippen molar-refractivity contribution in [2.45, 2.75) is 12.8 Å². The fraction of sp³-hybridized carbons (Fsp3) is 0.444. The largest absolute Gasteiger partial charge is 0.481 e. The number of carboxylic acid groups (broad SMARTS) is 1. The van der Waals surface area contributed by atoms with E-state index in [1.54, 1.807) is 11.3 Å². The highest BCUT2D eigenvalue weighted by Gasteiger charge is 2.02. The minimum atomic E-state index is -0.723. The summed E-state index contributed by atoms with van der Waals surface area (Å²) in [5.74, 6) is -0.723. The second-order valence-electron chi connectivity index (χ2n) is 2.87. The Labute approximate surface area is 81.6 Å². The second-order valence-corrected chi connectivity index (χ2v) is 3.80. The first-order valence-corrected chi connectivity index (χ1v) is 5.04. The van der Waals surface area contributed by atoms with Gasteiger partial charge in [-0.1, -0.05) is 0 Å². The van der Waals surface area contributed by atoms with E-state index in [-0.39, 0.29) is 6.42 Å². The monoisotopic (exact) mass is 199 g/mol. The molecule has 0 atom stereocenters. The van der Waals surface area contributed by atoms with Gasteiger partial charge in [-0.05, 0) is 23.9 Å². The first-order chi connectivity index (χ1) is 6.20. The van der Waals surface area contributed by atoms with Crippen molar-refractivity contribution in [3.8, 4) is 0 Å². The van der Waals surface area contributed by atoms with Gasteiger partial charge in [-0.3, -0.25) is 4.79 Å². The fourth-order valence-electron chi connectivity index (χ4n) is 1.06. The van der Waals surface area contributed by atoms with Crippen LogP contribution in [0.1, 0.15) is 12.8 Å². The van der Waals surface area contributed by atoms with Gasteiger partial charge < -0.3 is 10.0 Å². The molecule has 0 saturated heterocycles. The predicted octanol–water partition coefficient (Wildman–Crippen LogP) is 2.05. The zero-order valence-electron chi connectivity index (χ0n) is 7.56. The predicted molar refractivity (Wildman–Crippen MR) is 54.5 cm³/mol. The molecule has 0 amide bonds. The summed E-state index contributed by atoms with van der Waals surface area (Å²) in [7, 11) is 1.98. The summed E-state index contributed by atoms with van der Waals surface area (Å²) in [4.78, 5) is 12.3. The van der Waals surface area contributed by atoms with Crippen LogP contribution in [0.5, 0.6) is 0 Å². The van der Waals surface area contributed by atoms with Crippen LogP contribution in [-0.2, 0) is 4.79 Å². The number of aliphatic carboxylic acids is 1. The minimum absolute atomic E-state index is 0.246. The van der Waals surface area contributed by atoms with Crippen molar-refractivity contribution in [1.29, 1.82) is 0 Å². The van der Waals surface area contributed by atoms with E-state index >= 15 is 0 Å². The summed E-state index contributed by atoms with van der Waals surface area (Å²) in [6.45, 7) is 0.798. The number of carboxylic acids is 1. The lowest BCUT2D eigenvalue weighted by Crippen LogP contribution is -2.17. The molecule has 0 aliphatic carbocycles. The number of carbonyl (C=O) groups is 1. The van der Waals surface area contributed by atoms with Crippen molar-refractivity contribution >= 4 is 22.3 Å². The number of hydrogen-bond acceptors (Lipinski definition) is 3. The third-order valence-electron chi connectivity index (χ3n) is 1.77. The molecular formula is C9H13NO2S. The van der Waals surface area contributed by atoms with Crippen molar-refractivity contribution < 1.29 is 9.90 Å². The van der Waals surface area contributed by atoms with Crippen LogP contribution in [0.3, 0.4) is 0 Å². The van der Waals surface area contributed by atoms with Gasteiger partial charge in [-0.15, -0.1) is 11.3 Å². The Hall–Kier alpha value is -1.03. The van der Waals surface area contributed by atoms with Crippen molar-refractivity contribution in [3.63, 3.8) is 0 Å². The van der Waals surface area contributed by atoms with Crippen LogP contribution in [0.4, 0.5) is 5.00 Å². The molecule has 1 aromatic rings. The number of rotatable bonds is 5. The third-order valence-corrected chi connectivity index (χ3v) is 2.75. The molecule has 0 saturated carbocycles. The van der Waals surface area contributed by atoms with Gasteiger partial charge in [-0.2, -0.15) is 0 Å². The van der Waals surface area contributed by atoms with Gasteiger partial charge in [0, 0.05) is 20.0 Å². The molecule has 1 rings (SSSR count). The SMILES string of the molecule is CN(CCCC(=O)O)c1cccs1. The Kier molecular flexibility index (Phi) is 3.76. The number of nitrogens with zero attached hydrogens (tertiary/aromatic N) is 1. The molecule has 0 aliphatic heterocycles. The van der Waals surface area contributed by atoms with Crippen molar-refractivity contribution in [3.05, 3.63) is 17.5 Å². The summed E-state index contributed by atoms with van der Waals surface area (Å²) < 4.78 is 0. The molecule has 4 heteroatoms. The Bertz CT molecular complexity index is 259. The van der Waals surface area contributed by atoms with Gasteiger partial charge in [0.15, 0.2) is 0 Å².